The minimum Gasteiger partial charge on any atom is -0.324 e. The number of anilines is 2. The number of halogens is 1. The van der Waals surface area contributed by atoms with E-state index >= 15 is 0 Å². The number of fused-ring (bicyclic) bond motifs is 1. The summed E-state index contributed by atoms with van der Waals surface area (Å²) in [7, 11) is -3.97. The summed E-state index contributed by atoms with van der Waals surface area (Å²) in [5.41, 5.74) is 1.69. The van der Waals surface area contributed by atoms with Crippen LogP contribution < -0.4 is 14.5 Å². The fraction of sp³-hybridized carbons (Fsp3) is 0.167. The van der Waals surface area contributed by atoms with E-state index in [4.69, 9.17) is 0 Å². The molecule has 0 radical (unpaired) electrons. The lowest BCUT2D eigenvalue weighted by atomic mass is 10.2. The average Bonchev–Trinajstić information content (AvgIpc) is 3.14. The average molecular weight is 607 g/mol. The predicted octanol–water partition coefficient (Wildman–Crippen LogP) is 5.08. The lowest BCUT2D eigenvalue weighted by molar-refractivity contribution is -0.114. The molecule has 1 aromatic heterocycles. The first-order valence-corrected chi connectivity index (χ1v) is 13.8. The van der Waals surface area contributed by atoms with E-state index in [2.05, 4.69) is 27.9 Å². The second kappa shape index (κ2) is 9.88. The third-order valence-electron chi connectivity index (χ3n) is 5.15. The molecule has 0 unspecified atom stereocenters. The Morgan fingerprint density at radius 3 is 2.38 bits per heavy atom. The Bertz CT molecular complexity index is 1500. The highest BCUT2D eigenvalue weighted by Gasteiger charge is 2.27. The summed E-state index contributed by atoms with van der Waals surface area (Å²) in [6, 6.07) is 20.2. The zero-order valence-electron chi connectivity index (χ0n) is 18.4. The molecule has 0 aliphatic heterocycles. The van der Waals surface area contributed by atoms with Crippen LogP contribution in [-0.2, 0) is 14.8 Å². The van der Waals surface area contributed by atoms with Crippen molar-refractivity contribution < 1.29 is 13.2 Å². The van der Waals surface area contributed by atoms with Crippen LogP contribution in [0.2, 0.25) is 0 Å². The predicted molar refractivity (Wildman–Crippen MR) is 145 cm³/mol. The summed E-state index contributed by atoms with van der Waals surface area (Å²) in [4.78, 5) is 25.3. The third-order valence-corrected chi connectivity index (χ3v) is 8.57. The molecule has 0 saturated heterocycles. The van der Waals surface area contributed by atoms with Gasteiger partial charge in [0.15, 0.2) is 0 Å². The van der Waals surface area contributed by atoms with Crippen molar-refractivity contribution in [1.82, 2.24) is 4.57 Å². The first-order chi connectivity index (χ1) is 16.2. The van der Waals surface area contributed by atoms with Crippen molar-refractivity contribution in [3.63, 3.8) is 0 Å². The summed E-state index contributed by atoms with van der Waals surface area (Å²) in [6.07, 6.45) is 0. The van der Waals surface area contributed by atoms with Crippen LogP contribution in [0.15, 0.2) is 82.5 Å². The summed E-state index contributed by atoms with van der Waals surface area (Å²) in [5.74, 6) is -0.493. The van der Waals surface area contributed by atoms with E-state index in [1.165, 1.54) is 12.1 Å². The fourth-order valence-corrected chi connectivity index (χ4v) is 6.43. The van der Waals surface area contributed by atoms with Gasteiger partial charge < -0.3 is 5.32 Å². The van der Waals surface area contributed by atoms with Crippen LogP contribution in [0.3, 0.4) is 0 Å². The zero-order chi connectivity index (χ0) is 24.5. The van der Waals surface area contributed by atoms with Crippen LogP contribution in [0.4, 0.5) is 11.4 Å². The van der Waals surface area contributed by atoms with Gasteiger partial charge in [-0.2, -0.15) is 0 Å². The van der Waals surface area contributed by atoms with Crippen LogP contribution >= 0.6 is 33.9 Å². The van der Waals surface area contributed by atoms with Gasteiger partial charge in [-0.25, -0.2) is 8.42 Å². The lowest BCUT2D eigenvalue weighted by Crippen LogP contribution is -2.38. The van der Waals surface area contributed by atoms with Crippen molar-refractivity contribution in [1.29, 1.82) is 0 Å². The number of hydrogen-bond acceptors (Lipinski definition) is 5. The van der Waals surface area contributed by atoms with E-state index in [1.54, 1.807) is 65.2 Å². The topological polar surface area (TPSA) is 88.5 Å². The minimum atomic E-state index is -3.97. The Labute approximate surface area is 215 Å². The Morgan fingerprint density at radius 1 is 1.06 bits per heavy atom. The van der Waals surface area contributed by atoms with Gasteiger partial charge in [-0.05, 0) is 91.0 Å². The van der Waals surface area contributed by atoms with Crippen LogP contribution in [-0.4, -0.2) is 25.4 Å². The molecular formula is C24H22IN3O4S2. The highest BCUT2D eigenvalue weighted by atomic mass is 127. The monoisotopic (exact) mass is 607 g/mol. The van der Waals surface area contributed by atoms with Crippen LogP contribution in [0, 0.1) is 3.57 Å². The molecule has 0 aliphatic rings. The van der Waals surface area contributed by atoms with Crippen molar-refractivity contribution in [3.8, 4) is 0 Å². The maximum atomic E-state index is 13.4. The van der Waals surface area contributed by atoms with Crippen molar-refractivity contribution in [2.24, 2.45) is 0 Å². The fourth-order valence-electron chi connectivity index (χ4n) is 3.58. The zero-order valence-corrected chi connectivity index (χ0v) is 22.2. The quantitative estimate of drug-likeness (QED) is 0.297. The number of benzene rings is 3. The molecule has 3 aromatic carbocycles. The van der Waals surface area contributed by atoms with Crippen LogP contribution in [0.25, 0.3) is 10.2 Å². The Hall–Kier alpha value is -2.70. The van der Waals surface area contributed by atoms with E-state index in [-0.39, 0.29) is 15.8 Å². The number of hydrogen-bond donors (Lipinski definition) is 1. The van der Waals surface area contributed by atoms with Gasteiger partial charge in [-0.1, -0.05) is 29.5 Å². The number of carbonyl (C=O) groups excluding carboxylic acids is 1. The molecular weight excluding hydrogens is 585 g/mol. The second-order valence-corrected chi connectivity index (χ2v) is 12.0. The van der Waals surface area contributed by atoms with Crippen molar-refractivity contribution in [2.45, 2.75) is 24.8 Å². The number of nitrogens with zero attached hydrogens (tertiary/aromatic N) is 2. The smallest absolute Gasteiger partial charge is 0.308 e. The number of sulfonamides is 1. The number of rotatable bonds is 7. The molecule has 1 heterocycles. The Kier molecular flexibility index (Phi) is 7.10. The molecule has 0 fully saturated rings. The standard InChI is InChI=1S/C24H22IN3O4S2/c1-16(2)28-21-13-10-18(14-22(21)33-24(28)30)26-23(29)15-27(19-11-8-17(25)9-12-19)34(31,32)20-6-4-3-5-7-20/h3-14,16H,15H2,1-2H3,(H,26,29). The van der Waals surface area contributed by atoms with Gasteiger partial charge in [-0.3, -0.25) is 18.5 Å². The van der Waals surface area contributed by atoms with Crippen LogP contribution in [0.1, 0.15) is 19.9 Å². The van der Waals surface area contributed by atoms with Gasteiger partial charge in [0.25, 0.3) is 10.0 Å². The van der Waals surface area contributed by atoms with E-state index in [1.807, 2.05) is 13.8 Å². The molecule has 34 heavy (non-hydrogen) atoms. The normalized spacial score (nSPS) is 11.6. The molecule has 1 amide bonds. The molecule has 4 rings (SSSR count). The van der Waals surface area contributed by atoms with E-state index in [0.717, 1.165) is 29.4 Å². The number of carbonyl (C=O) groups is 1. The molecule has 10 heteroatoms. The van der Waals surface area contributed by atoms with E-state index in [0.29, 0.717) is 11.4 Å². The number of aromatic nitrogens is 1. The molecule has 0 bridgehead atoms. The van der Waals surface area contributed by atoms with E-state index < -0.39 is 22.5 Å². The Balaban J connectivity index is 1.63. The van der Waals surface area contributed by atoms with Crippen molar-refractivity contribution >= 4 is 71.4 Å². The van der Waals surface area contributed by atoms with Crippen molar-refractivity contribution in [2.75, 3.05) is 16.2 Å². The summed E-state index contributed by atoms with van der Waals surface area (Å²) >= 11 is 3.25. The van der Waals surface area contributed by atoms with Gasteiger partial charge in [-0.15, -0.1) is 0 Å². The Morgan fingerprint density at radius 2 is 1.74 bits per heavy atom. The molecule has 176 valence electrons. The number of amides is 1. The highest BCUT2D eigenvalue weighted by Crippen LogP contribution is 2.26. The molecule has 0 aliphatic carbocycles. The molecule has 1 N–H and O–H groups in total. The largest absolute Gasteiger partial charge is 0.324 e. The molecule has 0 saturated carbocycles. The van der Waals surface area contributed by atoms with Gasteiger partial charge in [0.05, 0.1) is 20.8 Å². The molecule has 0 atom stereocenters. The maximum Gasteiger partial charge on any atom is 0.308 e. The maximum absolute atomic E-state index is 13.4. The first kappa shape index (κ1) is 24.4. The summed E-state index contributed by atoms with van der Waals surface area (Å²) in [5, 5.41) is 2.78. The van der Waals surface area contributed by atoms with Gasteiger partial charge >= 0.3 is 4.87 Å². The molecule has 0 spiro atoms. The second-order valence-electron chi connectivity index (χ2n) is 7.86. The van der Waals surface area contributed by atoms with E-state index in [9.17, 15) is 18.0 Å². The molecule has 4 aromatic rings. The third kappa shape index (κ3) is 5.03. The highest BCUT2D eigenvalue weighted by molar-refractivity contribution is 14.1. The number of nitrogens with one attached hydrogen (secondary N) is 1. The summed E-state index contributed by atoms with van der Waals surface area (Å²) < 4.78 is 31.3. The summed E-state index contributed by atoms with van der Waals surface area (Å²) in [6.45, 7) is 3.48. The van der Waals surface area contributed by atoms with Gasteiger partial charge in [0.1, 0.15) is 6.54 Å². The number of thiazole rings is 1. The first-order valence-electron chi connectivity index (χ1n) is 10.4. The van der Waals surface area contributed by atoms with Crippen molar-refractivity contribution in [3.05, 3.63) is 86.0 Å². The lowest BCUT2D eigenvalue weighted by Gasteiger charge is -2.24. The van der Waals surface area contributed by atoms with Crippen LogP contribution in [0.5, 0.6) is 0 Å². The minimum absolute atomic E-state index is 0.0207. The van der Waals surface area contributed by atoms with Gasteiger partial charge in [0, 0.05) is 15.3 Å². The molecule has 7 nitrogen and oxygen atoms in total. The SMILES string of the molecule is CC(C)n1c(=O)sc2cc(NC(=O)CN(c3ccc(I)cc3)S(=O)(=O)c3ccccc3)ccc21. The van der Waals surface area contributed by atoms with Gasteiger partial charge in [0.2, 0.25) is 5.91 Å².